The Morgan fingerprint density at radius 3 is 2.82 bits per heavy atom. The van der Waals surface area contributed by atoms with E-state index in [9.17, 15) is 4.79 Å². The summed E-state index contributed by atoms with van der Waals surface area (Å²) in [5, 5.41) is 12.3. The van der Waals surface area contributed by atoms with E-state index in [1.807, 2.05) is 6.92 Å². The average molecular weight is 456 g/mol. The smallest absolute Gasteiger partial charge is 0.293 e. The van der Waals surface area contributed by atoms with Crippen LogP contribution in [0, 0.1) is 6.92 Å². The molecule has 3 aromatic rings. The average Bonchev–Trinajstić information content (AvgIpc) is 3.26. The van der Waals surface area contributed by atoms with E-state index in [0.29, 0.717) is 32.3 Å². The highest BCUT2D eigenvalue weighted by molar-refractivity contribution is 7.99. The van der Waals surface area contributed by atoms with Crippen molar-refractivity contribution in [2.45, 2.75) is 19.0 Å². The number of carbonyl (C=O) groups is 1. The molecule has 28 heavy (non-hydrogen) atoms. The van der Waals surface area contributed by atoms with Crippen molar-refractivity contribution in [3.05, 3.63) is 52.0 Å². The van der Waals surface area contributed by atoms with Crippen LogP contribution in [0.1, 0.15) is 23.3 Å². The largest absolute Gasteiger partial charge is 0.451 e. The number of nitrogens with zero attached hydrogens (tertiary/aromatic N) is 3. The number of nitrogens with one attached hydrogen (secondary N) is 2. The molecule has 1 amide bonds. The van der Waals surface area contributed by atoms with Gasteiger partial charge in [-0.3, -0.25) is 15.5 Å². The van der Waals surface area contributed by atoms with E-state index < -0.39 is 5.91 Å². The van der Waals surface area contributed by atoms with Gasteiger partial charge in [0.2, 0.25) is 5.16 Å². The molecule has 7 nitrogen and oxygen atoms in total. The molecule has 0 radical (unpaired) electrons. The van der Waals surface area contributed by atoms with Crippen molar-refractivity contribution in [3.63, 3.8) is 0 Å². The van der Waals surface area contributed by atoms with Gasteiger partial charge in [0.1, 0.15) is 11.6 Å². The van der Waals surface area contributed by atoms with E-state index in [2.05, 4.69) is 20.9 Å². The Morgan fingerprint density at radius 2 is 2.07 bits per heavy atom. The first-order valence-corrected chi connectivity index (χ1v) is 10.3. The maximum absolute atomic E-state index is 12.4. The van der Waals surface area contributed by atoms with Crippen LogP contribution in [0.15, 0.2) is 39.9 Å². The normalized spacial score (nSPS) is 10.7. The summed E-state index contributed by atoms with van der Waals surface area (Å²) in [5.74, 6) is 1.44. The third-order valence-electron chi connectivity index (χ3n) is 3.53. The molecule has 0 unspecified atom stereocenters. The number of thiocarbonyl (C=S) groups is 1. The Hall–Kier alpha value is -2.07. The second-order valence-electron chi connectivity index (χ2n) is 5.48. The highest BCUT2D eigenvalue weighted by atomic mass is 35.5. The van der Waals surface area contributed by atoms with Crippen molar-refractivity contribution in [3.8, 4) is 11.3 Å². The van der Waals surface area contributed by atoms with E-state index in [1.165, 1.54) is 17.8 Å². The first-order chi connectivity index (χ1) is 13.4. The lowest BCUT2D eigenvalue weighted by Crippen LogP contribution is -2.38. The number of carbonyl (C=O) groups excluding carboxylic acids is 1. The highest BCUT2D eigenvalue weighted by Gasteiger charge is 2.17. The Labute approximate surface area is 180 Å². The van der Waals surface area contributed by atoms with Crippen LogP contribution < -0.4 is 10.7 Å². The Morgan fingerprint density at radius 1 is 1.29 bits per heavy atom. The molecule has 0 saturated carbocycles. The van der Waals surface area contributed by atoms with Crippen LogP contribution in [0.25, 0.3) is 11.3 Å². The molecule has 11 heteroatoms. The van der Waals surface area contributed by atoms with Gasteiger partial charge in [-0.1, -0.05) is 41.9 Å². The zero-order valence-electron chi connectivity index (χ0n) is 14.8. The van der Waals surface area contributed by atoms with Crippen molar-refractivity contribution >= 4 is 58.2 Å². The second-order valence-corrected chi connectivity index (χ2v) is 7.96. The fourth-order valence-electron chi connectivity index (χ4n) is 2.28. The van der Waals surface area contributed by atoms with Crippen LogP contribution in [-0.4, -0.2) is 31.6 Å². The van der Waals surface area contributed by atoms with E-state index >= 15 is 0 Å². The van der Waals surface area contributed by atoms with E-state index in [-0.39, 0.29) is 10.9 Å². The molecule has 0 spiro atoms. The molecule has 0 fully saturated rings. The van der Waals surface area contributed by atoms with Gasteiger partial charge in [0, 0.05) is 10.6 Å². The number of furan rings is 1. The van der Waals surface area contributed by atoms with Crippen LogP contribution in [0.3, 0.4) is 0 Å². The minimum atomic E-state index is -0.502. The number of hydrogen-bond donors (Lipinski definition) is 2. The van der Waals surface area contributed by atoms with Gasteiger partial charge in [-0.2, -0.15) is 0 Å². The van der Waals surface area contributed by atoms with E-state index in [4.69, 9.17) is 39.8 Å². The molecule has 1 aromatic carbocycles. The number of thioether (sulfide) groups is 1. The van der Waals surface area contributed by atoms with Crippen LogP contribution in [0.2, 0.25) is 10.0 Å². The maximum Gasteiger partial charge on any atom is 0.293 e. The summed E-state index contributed by atoms with van der Waals surface area (Å²) >= 11 is 18.9. The molecular formula is C17H15Cl2N5O2S2. The van der Waals surface area contributed by atoms with Gasteiger partial charge in [0.15, 0.2) is 10.9 Å². The molecule has 146 valence electrons. The molecule has 0 atom stereocenters. The van der Waals surface area contributed by atoms with Gasteiger partial charge in [-0.05, 0) is 55.2 Å². The van der Waals surface area contributed by atoms with Crippen molar-refractivity contribution in [2.75, 3.05) is 11.2 Å². The Balaban J connectivity index is 1.70. The van der Waals surface area contributed by atoms with Gasteiger partial charge in [-0.25, -0.2) is 4.68 Å². The lowest BCUT2D eigenvalue weighted by atomic mass is 10.2. The molecule has 3 rings (SSSR count). The molecule has 0 aliphatic carbocycles. The molecular weight excluding hydrogens is 441 g/mol. The number of rotatable bonds is 5. The molecule has 0 bridgehead atoms. The van der Waals surface area contributed by atoms with Crippen LogP contribution in [-0.2, 0) is 0 Å². The highest BCUT2D eigenvalue weighted by Crippen LogP contribution is 2.31. The molecule has 0 aliphatic heterocycles. The second kappa shape index (κ2) is 8.95. The first-order valence-electron chi connectivity index (χ1n) is 8.11. The fraction of sp³-hybridized carbons (Fsp3) is 0.176. The molecule has 0 aliphatic rings. The van der Waals surface area contributed by atoms with E-state index in [1.54, 1.807) is 35.9 Å². The number of halogens is 2. The van der Waals surface area contributed by atoms with Crippen molar-refractivity contribution in [1.29, 1.82) is 0 Å². The third kappa shape index (κ3) is 4.67. The van der Waals surface area contributed by atoms with Crippen LogP contribution in [0.5, 0.6) is 0 Å². The summed E-state index contributed by atoms with van der Waals surface area (Å²) in [5.41, 5.74) is 3.48. The predicted octanol–water partition coefficient (Wildman–Crippen LogP) is 4.52. The minimum Gasteiger partial charge on any atom is -0.451 e. The zero-order valence-corrected chi connectivity index (χ0v) is 18.0. The van der Waals surface area contributed by atoms with Gasteiger partial charge in [0.25, 0.3) is 5.91 Å². The van der Waals surface area contributed by atoms with E-state index in [0.717, 1.165) is 5.75 Å². The maximum atomic E-state index is 12.4. The number of amides is 1. The van der Waals surface area contributed by atoms with Crippen LogP contribution >= 0.6 is 47.2 Å². The zero-order chi connectivity index (χ0) is 20.3. The topological polar surface area (TPSA) is 85.0 Å². The van der Waals surface area contributed by atoms with Gasteiger partial charge >= 0.3 is 0 Å². The molecule has 2 heterocycles. The molecule has 2 N–H and O–H groups in total. The summed E-state index contributed by atoms with van der Waals surface area (Å²) in [6.45, 7) is 3.78. The monoisotopic (exact) mass is 455 g/mol. The fourth-order valence-corrected chi connectivity index (χ4v) is 3.51. The number of hydrogen-bond acceptors (Lipinski definition) is 6. The first kappa shape index (κ1) is 20.7. The Bertz CT molecular complexity index is 1030. The SMILES string of the molecule is CCSc1nnc(C)n1NC(=S)NC(=O)c1ccc(-c2cc(Cl)ccc2Cl)o1. The number of benzene rings is 1. The van der Waals surface area contributed by atoms with Gasteiger partial charge in [-0.15, -0.1) is 10.2 Å². The summed E-state index contributed by atoms with van der Waals surface area (Å²) in [4.78, 5) is 12.4. The van der Waals surface area contributed by atoms with Gasteiger partial charge in [0.05, 0.1) is 5.02 Å². The lowest BCUT2D eigenvalue weighted by molar-refractivity contribution is 0.0951. The summed E-state index contributed by atoms with van der Waals surface area (Å²) in [6.07, 6.45) is 0. The molecule has 2 aromatic heterocycles. The summed E-state index contributed by atoms with van der Waals surface area (Å²) in [7, 11) is 0. The van der Waals surface area contributed by atoms with Crippen molar-refractivity contribution in [2.24, 2.45) is 0 Å². The lowest BCUT2D eigenvalue weighted by Gasteiger charge is -2.12. The third-order valence-corrected chi connectivity index (χ3v) is 5.10. The standard InChI is InChI=1S/C17H15Cl2N5O2S2/c1-3-28-17-22-21-9(2)24(17)23-16(27)20-15(25)14-7-6-13(26-14)11-8-10(18)4-5-12(11)19/h4-8H,3H2,1-2H3,(H2,20,23,25,27). The minimum absolute atomic E-state index is 0.0822. The van der Waals surface area contributed by atoms with Crippen LogP contribution in [0.4, 0.5) is 0 Å². The van der Waals surface area contributed by atoms with Gasteiger partial charge < -0.3 is 4.42 Å². The predicted molar refractivity (Wildman–Crippen MR) is 115 cm³/mol. The molecule has 0 saturated heterocycles. The summed E-state index contributed by atoms with van der Waals surface area (Å²) < 4.78 is 7.22. The van der Waals surface area contributed by atoms with Crippen molar-refractivity contribution in [1.82, 2.24) is 20.2 Å². The number of aromatic nitrogens is 3. The quantitative estimate of drug-likeness (QED) is 0.431. The summed E-state index contributed by atoms with van der Waals surface area (Å²) in [6, 6.07) is 8.17. The number of aryl methyl sites for hydroxylation is 1. The van der Waals surface area contributed by atoms with Crippen molar-refractivity contribution < 1.29 is 9.21 Å². The Kier molecular flexibility index (Phi) is 6.61.